The molecule has 0 atom stereocenters. The molecule has 0 aliphatic rings. The van der Waals surface area contributed by atoms with Crippen molar-refractivity contribution in [3.63, 3.8) is 0 Å². The molecular formula is C14H14ClN3O2. The van der Waals surface area contributed by atoms with Gasteiger partial charge in [-0.15, -0.1) is 0 Å². The number of halogens is 1. The summed E-state index contributed by atoms with van der Waals surface area (Å²) >= 11 is 5.84. The summed E-state index contributed by atoms with van der Waals surface area (Å²) < 4.78 is 5.39. The van der Waals surface area contributed by atoms with Gasteiger partial charge in [0.1, 0.15) is 5.75 Å². The molecule has 20 heavy (non-hydrogen) atoms. The number of hydrazone groups is 1. The van der Waals surface area contributed by atoms with Crippen molar-refractivity contribution < 1.29 is 9.53 Å². The number of aromatic amines is 1. The topological polar surface area (TPSA) is 66.5 Å². The Kier molecular flexibility index (Phi) is 4.79. The van der Waals surface area contributed by atoms with Gasteiger partial charge in [0.05, 0.1) is 11.9 Å². The Morgan fingerprint density at radius 3 is 3.05 bits per heavy atom. The van der Waals surface area contributed by atoms with Crippen LogP contribution in [0.4, 0.5) is 0 Å². The highest BCUT2D eigenvalue weighted by Gasteiger charge is 2.04. The third kappa shape index (κ3) is 4.13. The highest BCUT2D eigenvalue weighted by atomic mass is 35.5. The number of nitrogens with zero attached hydrogens (tertiary/aromatic N) is 1. The monoisotopic (exact) mass is 291 g/mol. The second-order valence-electron chi connectivity index (χ2n) is 4.12. The van der Waals surface area contributed by atoms with E-state index in [1.807, 2.05) is 19.1 Å². The first-order chi connectivity index (χ1) is 9.65. The van der Waals surface area contributed by atoms with E-state index >= 15 is 0 Å². The third-order valence-corrected chi connectivity index (χ3v) is 2.75. The summed E-state index contributed by atoms with van der Waals surface area (Å²) in [5, 5.41) is 4.44. The number of hydrogen-bond acceptors (Lipinski definition) is 3. The summed E-state index contributed by atoms with van der Waals surface area (Å²) in [7, 11) is 0. The summed E-state index contributed by atoms with van der Waals surface area (Å²) in [6, 6.07) is 8.90. The predicted octanol–water partition coefficient (Wildman–Crippen LogP) is 2.51. The van der Waals surface area contributed by atoms with Crippen molar-refractivity contribution in [3.8, 4) is 5.75 Å². The van der Waals surface area contributed by atoms with E-state index in [1.54, 1.807) is 24.4 Å². The molecule has 104 valence electrons. The SMILES string of the molecule is Cc1cc(Cl)ccc1OCC(=O)NN=Cc1ccc[nH]1. The van der Waals surface area contributed by atoms with Gasteiger partial charge < -0.3 is 9.72 Å². The molecule has 1 aromatic carbocycles. The number of benzene rings is 1. The quantitative estimate of drug-likeness (QED) is 0.656. The number of H-pyrrole nitrogens is 1. The van der Waals surface area contributed by atoms with Crippen LogP contribution in [0.15, 0.2) is 41.6 Å². The van der Waals surface area contributed by atoms with Gasteiger partial charge in [-0.05, 0) is 42.8 Å². The van der Waals surface area contributed by atoms with Gasteiger partial charge in [-0.1, -0.05) is 11.6 Å². The molecule has 2 aromatic rings. The minimum Gasteiger partial charge on any atom is -0.483 e. The molecule has 2 rings (SSSR count). The van der Waals surface area contributed by atoms with Crippen molar-refractivity contribution in [2.24, 2.45) is 5.10 Å². The minimum atomic E-state index is -0.331. The van der Waals surface area contributed by atoms with E-state index in [-0.39, 0.29) is 12.5 Å². The first-order valence-corrected chi connectivity index (χ1v) is 6.37. The zero-order valence-corrected chi connectivity index (χ0v) is 11.6. The van der Waals surface area contributed by atoms with Crippen LogP contribution in [0.3, 0.4) is 0 Å². The van der Waals surface area contributed by atoms with E-state index in [0.29, 0.717) is 10.8 Å². The molecule has 1 amide bonds. The zero-order valence-electron chi connectivity index (χ0n) is 10.9. The number of aromatic nitrogens is 1. The van der Waals surface area contributed by atoms with E-state index < -0.39 is 0 Å². The fourth-order valence-corrected chi connectivity index (χ4v) is 1.78. The van der Waals surface area contributed by atoms with Crippen LogP contribution in [-0.2, 0) is 4.79 Å². The number of carbonyl (C=O) groups is 1. The number of ether oxygens (including phenoxy) is 1. The Bertz CT molecular complexity index is 609. The van der Waals surface area contributed by atoms with Gasteiger partial charge in [-0.25, -0.2) is 5.43 Å². The summed E-state index contributed by atoms with van der Waals surface area (Å²) in [6.45, 7) is 1.76. The van der Waals surface area contributed by atoms with Crippen LogP contribution >= 0.6 is 11.6 Å². The number of hydrogen-bond donors (Lipinski definition) is 2. The highest BCUT2D eigenvalue weighted by Crippen LogP contribution is 2.21. The molecule has 0 radical (unpaired) electrons. The first-order valence-electron chi connectivity index (χ1n) is 5.99. The van der Waals surface area contributed by atoms with Crippen LogP contribution in [-0.4, -0.2) is 23.7 Å². The maximum Gasteiger partial charge on any atom is 0.277 e. The summed E-state index contributed by atoms with van der Waals surface area (Å²) in [5.41, 5.74) is 4.06. The molecule has 2 N–H and O–H groups in total. The number of aryl methyl sites for hydroxylation is 1. The van der Waals surface area contributed by atoms with Crippen LogP contribution in [0, 0.1) is 6.92 Å². The van der Waals surface area contributed by atoms with E-state index in [9.17, 15) is 4.79 Å². The molecule has 0 bridgehead atoms. The fourth-order valence-electron chi connectivity index (χ4n) is 1.55. The molecule has 5 nitrogen and oxygen atoms in total. The van der Waals surface area contributed by atoms with Crippen molar-refractivity contribution in [2.75, 3.05) is 6.61 Å². The lowest BCUT2D eigenvalue weighted by molar-refractivity contribution is -0.123. The number of amides is 1. The highest BCUT2D eigenvalue weighted by molar-refractivity contribution is 6.30. The molecule has 0 aliphatic carbocycles. The van der Waals surface area contributed by atoms with Crippen LogP contribution in [0.1, 0.15) is 11.3 Å². The smallest absolute Gasteiger partial charge is 0.277 e. The van der Waals surface area contributed by atoms with E-state index in [2.05, 4.69) is 15.5 Å². The average molecular weight is 292 g/mol. The first kappa shape index (κ1) is 14.1. The van der Waals surface area contributed by atoms with E-state index in [1.165, 1.54) is 6.21 Å². The predicted molar refractivity (Wildman–Crippen MR) is 78.2 cm³/mol. The fraction of sp³-hybridized carbons (Fsp3) is 0.143. The number of rotatable bonds is 5. The maximum atomic E-state index is 11.5. The van der Waals surface area contributed by atoms with Crippen LogP contribution in [0.2, 0.25) is 5.02 Å². The van der Waals surface area contributed by atoms with Crippen molar-refractivity contribution in [2.45, 2.75) is 6.92 Å². The van der Waals surface area contributed by atoms with Crippen LogP contribution < -0.4 is 10.2 Å². The lowest BCUT2D eigenvalue weighted by atomic mass is 10.2. The maximum absolute atomic E-state index is 11.5. The van der Waals surface area contributed by atoms with Gasteiger partial charge in [0.25, 0.3) is 5.91 Å². The average Bonchev–Trinajstić information content (AvgIpc) is 2.91. The van der Waals surface area contributed by atoms with Crippen molar-refractivity contribution in [1.29, 1.82) is 0 Å². The van der Waals surface area contributed by atoms with Crippen LogP contribution in [0.25, 0.3) is 0 Å². The summed E-state index contributed by atoms with van der Waals surface area (Å²) in [6.07, 6.45) is 3.29. The lowest BCUT2D eigenvalue weighted by Gasteiger charge is -2.08. The van der Waals surface area contributed by atoms with Crippen molar-refractivity contribution in [3.05, 3.63) is 52.8 Å². The van der Waals surface area contributed by atoms with Gasteiger partial charge in [0.15, 0.2) is 6.61 Å². The minimum absolute atomic E-state index is 0.107. The van der Waals surface area contributed by atoms with Gasteiger partial charge in [-0.2, -0.15) is 5.10 Å². The van der Waals surface area contributed by atoms with Gasteiger partial charge >= 0.3 is 0 Å². The van der Waals surface area contributed by atoms with E-state index in [4.69, 9.17) is 16.3 Å². The Balaban J connectivity index is 1.80. The van der Waals surface area contributed by atoms with E-state index in [0.717, 1.165) is 11.3 Å². The molecule has 0 aliphatic heterocycles. The van der Waals surface area contributed by atoms with Crippen LogP contribution in [0.5, 0.6) is 5.75 Å². The normalized spacial score (nSPS) is 10.7. The zero-order chi connectivity index (χ0) is 14.4. The van der Waals surface area contributed by atoms with Gasteiger partial charge in [0.2, 0.25) is 0 Å². The lowest BCUT2D eigenvalue weighted by Crippen LogP contribution is -2.24. The Hall–Kier alpha value is -2.27. The molecule has 0 spiro atoms. The molecule has 0 fully saturated rings. The Labute approximate surface area is 121 Å². The van der Waals surface area contributed by atoms with Gasteiger partial charge in [0, 0.05) is 11.2 Å². The van der Waals surface area contributed by atoms with Crippen molar-refractivity contribution in [1.82, 2.24) is 10.4 Å². The Morgan fingerprint density at radius 2 is 2.35 bits per heavy atom. The van der Waals surface area contributed by atoms with Gasteiger partial charge in [-0.3, -0.25) is 4.79 Å². The number of carbonyl (C=O) groups excluding carboxylic acids is 1. The molecule has 6 heteroatoms. The third-order valence-electron chi connectivity index (χ3n) is 2.51. The van der Waals surface area contributed by atoms with Crippen molar-refractivity contribution >= 4 is 23.7 Å². The largest absolute Gasteiger partial charge is 0.483 e. The molecule has 0 saturated carbocycles. The molecule has 1 aromatic heterocycles. The second-order valence-corrected chi connectivity index (χ2v) is 4.55. The molecule has 1 heterocycles. The number of nitrogens with one attached hydrogen (secondary N) is 2. The standard InChI is InChI=1S/C14H14ClN3O2/c1-10-7-11(15)4-5-13(10)20-9-14(19)18-17-8-12-3-2-6-16-12/h2-8,16H,9H2,1H3,(H,18,19). The summed E-state index contributed by atoms with van der Waals surface area (Å²) in [5.74, 6) is 0.292. The second kappa shape index (κ2) is 6.77. The molecular weight excluding hydrogens is 278 g/mol. The molecule has 0 saturated heterocycles. The summed E-state index contributed by atoms with van der Waals surface area (Å²) in [4.78, 5) is 14.5. The molecule has 0 unspecified atom stereocenters. The Morgan fingerprint density at radius 1 is 1.50 bits per heavy atom.